The van der Waals surface area contributed by atoms with Gasteiger partial charge in [0.2, 0.25) is 0 Å². The largest absolute Gasteiger partial charge is 0.347 e. The average Bonchev–Trinajstić information content (AvgIpc) is 3.08. The van der Waals surface area contributed by atoms with Crippen molar-refractivity contribution in [3.8, 4) is 0 Å². The monoisotopic (exact) mass is 344 g/mol. The molecular formula is C16H16N4O3S. The minimum Gasteiger partial charge on any atom is -0.347 e. The molecule has 124 valence electrons. The molecule has 0 radical (unpaired) electrons. The number of hydrogen-bond acceptors (Lipinski definition) is 5. The van der Waals surface area contributed by atoms with Crippen molar-refractivity contribution in [1.82, 2.24) is 19.4 Å². The number of thiophene rings is 1. The molecule has 1 amide bonds. The van der Waals surface area contributed by atoms with Crippen LogP contribution in [0.1, 0.15) is 20.9 Å². The van der Waals surface area contributed by atoms with Crippen LogP contribution in [0, 0.1) is 6.92 Å². The Labute approximate surface area is 141 Å². The maximum atomic E-state index is 12.6. The van der Waals surface area contributed by atoms with Crippen LogP contribution in [-0.4, -0.2) is 20.0 Å². The van der Waals surface area contributed by atoms with Crippen molar-refractivity contribution < 1.29 is 4.79 Å². The van der Waals surface area contributed by atoms with Crippen molar-refractivity contribution in [2.45, 2.75) is 13.5 Å². The quantitative estimate of drug-likeness (QED) is 0.766. The normalized spacial score (nSPS) is 11.0. The van der Waals surface area contributed by atoms with Gasteiger partial charge >= 0.3 is 5.69 Å². The molecule has 3 aromatic heterocycles. The summed E-state index contributed by atoms with van der Waals surface area (Å²) in [5.74, 6) is -0.366. The van der Waals surface area contributed by atoms with E-state index in [-0.39, 0.29) is 22.5 Å². The third kappa shape index (κ3) is 2.65. The number of nitrogens with zero attached hydrogens (tertiary/aromatic N) is 3. The van der Waals surface area contributed by atoms with Gasteiger partial charge in [0.1, 0.15) is 5.65 Å². The van der Waals surface area contributed by atoms with E-state index in [0.717, 1.165) is 9.44 Å². The van der Waals surface area contributed by atoms with Gasteiger partial charge in [-0.1, -0.05) is 6.07 Å². The summed E-state index contributed by atoms with van der Waals surface area (Å²) in [5, 5.41) is 4.89. The Hall–Kier alpha value is -2.74. The summed E-state index contributed by atoms with van der Waals surface area (Å²) in [7, 11) is 2.92. The van der Waals surface area contributed by atoms with Gasteiger partial charge in [0.15, 0.2) is 0 Å². The molecule has 0 spiro atoms. The zero-order valence-electron chi connectivity index (χ0n) is 13.5. The molecular weight excluding hydrogens is 328 g/mol. The topological polar surface area (TPSA) is 86.0 Å². The zero-order valence-corrected chi connectivity index (χ0v) is 14.3. The SMILES string of the molecule is Cc1cc(C(=O)NCc2cccs2)c2c(=O)n(C)c(=O)n(C)c2n1. The zero-order chi connectivity index (χ0) is 17.4. The second-order valence-electron chi connectivity index (χ2n) is 5.48. The number of rotatable bonds is 3. The highest BCUT2D eigenvalue weighted by molar-refractivity contribution is 7.09. The van der Waals surface area contributed by atoms with Crippen LogP contribution >= 0.6 is 11.3 Å². The number of aryl methyl sites for hydroxylation is 2. The Kier molecular flexibility index (Phi) is 4.06. The molecule has 8 heteroatoms. The molecule has 7 nitrogen and oxygen atoms in total. The van der Waals surface area contributed by atoms with Crippen molar-refractivity contribution in [3.63, 3.8) is 0 Å². The van der Waals surface area contributed by atoms with E-state index < -0.39 is 11.2 Å². The number of carbonyl (C=O) groups excluding carboxylic acids is 1. The lowest BCUT2D eigenvalue weighted by Gasteiger charge is -2.11. The molecule has 1 N–H and O–H groups in total. The van der Waals surface area contributed by atoms with Gasteiger partial charge in [-0.15, -0.1) is 11.3 Å². The Balaban J connectivity index is 2.15. The van der Waals surface area contributed by atoms with Crippen molar-refractivity contribution in [2.24, 2.45) is 14.1 Å². The number of amides is 1. The van der Waals surface area contributed by atoms with E-state index in [1.54, 1.807) is 13.0 Å². The van der Waals surface area contributed by atoms with E-state index >= 15 is 0 Å². The van der Waals surface area contributed by atoms with Crippen LogP contribution in [0.5, 0.6) is 0 Å². The van der Waals surface area contributed by atoms with E-state index in [2.05, 4.69) is 10.3 Å². The van der Waals surface area contributed by atoms with Gasteiger partial charge in [0.25, 0.3) is 11.5 Å². The van der Waals surface area contributed by atoms with Gasteiger partial charge < -0.3 is 5.32 Å². The first-order chi connectivity index (χ1) is 11.4. The number of fused-ring (bicyclic) bond motifs is 1. The summed E-state index contributed by atoms with van der Waals surface area (Å²) in [6, 6.07) is 5.39. The van der Waals surface area contributed by atoms with Gasteiger partial charge in [-0.25, -0.2) is 9.78 Å². The first kappa shape index (κ1) is 16.1. The summed E-state index contributed by atoms with van der Waals surface area (Å²) >= 11 is 1.54. The summed E-state index contributed by atoms with van der Waals surface area (Å²) in [4.78, 5) is 42.4. The molecule has 0 aliphatic rings. The van der Waals surface area contributed by atoms with E-state index in [1.165, 1.54) is 30.0 Å². The lowest BCUT2D eigenvalue weighted by Crippen LogP contribution is -2.38. The maximum absolute atomic E-state index is 12.6. The van der Waals surface area contributed by atoms with E-state index in [4.69, 9.17) is 0 Å². The van der Waals surface area contributed by atoms with Gasteiger partial charge in [0.05, 0.1) is 17.5 Å². The van der Waals surface area contributed by atoms with Crippen LogP contribution in [-0.2, 0) is 20.6 Å². The smallest absolute Gasteiger partial charge is 0.332 e. The number of aromatic nitrogens is 3. The molecule has 3 rings (SSSR count). The summed E-state index contributed by atoms with van der Waals surface area (Å²) in [6.45, 7) is 2.10. The van der Waals surface area contributed by atoms with Gasteiger partial charge in [0, 0.05) is 24.7 Å². The van der Waals surface area contributed by atoms with Crippen LogP contribution < -0.4 is 16.6 Å². The molecule has 0 aliphatic heterocycles. The number of pyridine rings is 1. The van der Waals surface area contributed by atoms with Crippen molar-refractivity contribution in [1.29, 1.82) is 0 Å². The van der Waals surface area contributed by atoms with E-state index in [9.17, 15) is 14.4 Å². The highest BCUT2D eigenvalue weighted by Crippen LogP contribution is 2.14. The van der Waals surface area contributed by atoms with E-state index in [0.29, 0.717) is 12.2 Å². The Morgan fingerprint density at radius 1 is 1.29 bits per heavy atom. The minimum atomic E-state index is -0.526. The number of hydrogen-bond donors (Lipinski definition) is 1. The molecule has 3 heterocycles. The van der Waals surface area contributed by atoms with Gasteiger partial charge in [-0.3, -0.25) is 18.7 Å². The molecule has 0 unspecified atom stereocenters. The van der Waals surface area contributed by atoms with Gasteiger partial charge in [-0.05, 0) is 24.4 Å². The third-order valence-electron chi connectivity index (χ3n) is 3.79. The molecule has 0 aromatic carbocycles. The van der Waals surface area contributed by atoms with Crippen molar-refractivity contribution >= 4 is 28.3 Å². The molecule has 3 aromatic rings. The molecule has 24 heavy (non-hydrogen) atoms. The lowest BCUT2D eigenvalue weighted by molar-refractivity contribution is 0.0952. The third-order valence-corrected chi connectivity index (χ3v) is 4.66. The molecule has 0 aliphatic carbocycles. The Morgan fingerprint density at radius 2 is 2.04 bits per heavy atom. The summed E-state index contributed by atoms with van der Waals surface area (Å²) in [6.07, 6.45) is 0. The minimum absolute atomic E-state index is 0.147. The van der Waals surface area contributed by atoms with Crippen molar-refractivity contribution in [2.75, 3.05) is 0 Å². The lowest BCUT2D eigenvalue weighted by atomic mass is 10.1. The fraction of sp³-hybridized carbons (Fsp3) is 0.250. The second kappa shape index (κ2) is 6.04. The number of carbonyl (C=O) groups is 1. The maximum Gasteiger partial charge on any atom is 0.332 e. The summed E-state index contributed by atoms with van der Waals surface area (Å²) < 4.78 is 2.26. The summed E-state index contributed by atoms with van der Waals surface area (Å²) in [5.41, 5.74) is -0.000858. The Morgan fingerprint density at radius 3 is 2.71 bits per heavy atom. The fourth-order valence-electron chi connectivity index (χ4n) is 2.54. The van der Waals surface area contributed by atoms with Crippen LogP contribution in [0.3, 0.4) is 0 Å². The highest BCUT2D eigenvalue weighted by atomic mass is 32.1. The van der Waals surface area contributed by atoms with Crippen molar-refractivity contribution in [3.05, 3.63) is 60.6 Å². The fourth-order valence-corrected chi connectivity index (χ4v) is 3.18. The first-order valence-electron chi connectivity index (χ1n) is 7.28. The average molecular weight is 344 g/mol. The second-order valence-corrected chi connectivity index (χ2v) is 6.51. The molecule has 0 saturated heterocycles. The van der Waals surface area contributed by atoms with Gasteiger partial charge in [-0.2, -0.15) is 0 Å². The molecule has 0 saturated carbocycles. The molecule has 0 bridgehead atoms. The highest BCUT2D eigenvalue weighted by Gasteiger charge is 2.19. The standard InChI is InChI=1S/C16H16N4O3S/c1-9-7-11(14(21)17-8-10-5-4-6-24-10)12-13(18-9)19(2)16(23)20(3)15(12)22/h4-7H,8H2,1-3H3,(H,17,21). The molecule has 0 atom stereocenters. The van der Waals surface area contributed by atoms with Crippen LogP contribution in [0.4, 0.5) is 0 Å². The predicted octanol–water partition coefficient (Wildman–Crippen LogP) is 0.932. The van der Waals surface area contributed by atoms with E-state index in [1.807, 2.05) is 17.5 Å². The van der Waals surface area contributed by atoms with Crippen LogP contribution in [0.15, 0.2) is 33.2 Å². The van der Waals surface area contributed by atoms with Crippen LogP contribution in [0.25, 0.3) is 11.0 Å². The predicted molar refractivity (Wildman–Crippen MR) is 92.5 cm³/mol. The Bertz CT molecular complexity index is 1050. The first-order valence-corrected chi connectivity index (χ1v) is 8.16. The molecule has 0 fully saturated rings. The number of nitrogens with one attached hydrogen (secondary N) is 1. The van der Waals surface area contributed by atoms with Crippen LogP contribution in [0.2, 0.25) is 0 Å².